The Bertz CT molecular complexity index is 355. The summed E-state index contributed by atoms with van der Waals surface area (Å²) in [5, 5.41) is 4.17. The van der Waals surface area contributed by atoms with Crippen LogP contribution in [0.5, 0.6) is 0 Å². The SMILES string of the molecule is CSc1nc(NN)cc(NC2(C)CCC2)n1. The number of nitrogens with zero attached hydrogens (tertiary/aromatic N) is 2. The number of aromatic nitrogens is 2. The van der Waals surface area contributed by atoms with E-state index in [-0.39, 0.29) is 5.54 Å². The molecular weight excluding hydrogens is 222 g/mol. The molecule has 1 fully saturated rings. The smallest absolute Gasteiger partial charge is 0.191 e. The molecule has 0 amide bonds. The first kappa shape index (κ1) is 11.5. The van der Waals surface area contributed by atoms with Crippen molar-refractivity contribution in [1.82, 2.24) is 9.97 Å². The van der Waals surface area contributed by atoms with E-state index in [9.17, 15) is 0 Å². The Morgan fingerprint density at radius 1 is 1.38 bits per heavy atom. The molecule has 1 aromatic heterocycles. The van der Waals surface area contributed by atoms with E-state index in [4.69, 9.17) is 5.84 Å². The molecule has 0 radical (unpaired) electrons. The third-order valence-electron chi connectivity index (χ3n) is 2.92. The number of nitrogens with one attached hydrogen (secondary N) is 2. The van der Waals surface area contributed by atoms with E-state index in [1.807, 2.05) is 12.3 Å². The van der Waals surface area contributed by atoms with E-state index in [2.05, 4.69) is 27.6 Å². The fourth-order valence-electron chi connectivity index (χ4n) is 1.80. The van der Waals surface area contributed by atoms with Crippen LogP contribution in [0.4, 0.5) is 11.6 Å². The Balaban J connectivity index is 2.18. The largest absolute Gasteiger partial charge is 0.365 e. The second-order valence-corrected chi connectivity index (χ2v) is 5.08. The zero-order valence-corrected chi connectivity index (χ0v) is 10.4. The maximum atomic E-state index is 5.38. The lowest BCUT2D eigenvalue weighted by Gasteiger charge is -2.39. The summed E-state index contributed by atoms with van der Waals surface area (Å²) in [4.78, 5) is 8.63. The Morgan fingerprint density at radius 2 is 2.06 bits per heavy atom. The molecule has 88 valence electrons. The van der Waals surface area contributed by atoms with Gasteiger partial charge in [0, 0.05) is 11.6 Å². The van der Waals surface area contributed by atoms with Crippen LogP contribution in [0.1, 0.15) is 26.2 Å². The van der Waals surface area contributed by atoms with E-state index in [1.165, 1.54) is 31.0 Å². The minimum absolute atomic E-state index is 0.190. The molecule has 2 rings (SSSR count). The minimum Gasteiger partial charge on any atom is -0.365 e. The van der Waals surface area contributed by atoms with Gasteiger partial charge in [-0.25, -0.2) is 15.8 Å². The maximum absolute atomic E-state index is 5.38. The van der Waals surface area contributed by atoms with Crippen LogP contribution in [0.25, 0.3) is 0 Å². The average Bonchev–Trinajstić information content (AvgIpc) is 2.26. The molecule has 0 aromatic carbocycles. The summed E-state index contributed by atoms with van der Waals surface area (Å²) < 4.78 is 0. The number of nitrogens with two attached hydrogens (primary N) is 1. The van der Waals surface area contributed by atoms with Gasteiger partial charge in [-0.1, -0.05) is 11.8 Å². The minimum atomic E-state index is 0.190. The zero-order valence-electron chi connectivity index (χ0n) is 9.58. The molecule has 1 aliphatic carbocycles. The van der Waals surface area contributed by atoms with Gasteiger partial charge in [0.1, 0.15) is 11.6 Å². The van der Waals surface area contributed by atoms with Gasteiger partial charge in [-0.05, 0) is 32.4 Å². The summed E-state index contributed by atoms with van der Waals surface area (Å²) in [7, 11) is 0. The van der Waals surface area contributed by atoms with Gasteiger partial charge < -0.3 is 10.7 Å². The number of hydrogen-bond donors (Lipinski definition) is 3. The van der Waals surface area contributed by atoms with Crippen LogP contribution in [0.2, 0.25) is 0 Å². The summed E-state index contributed by atoms with van der Waals surface area (Å²) in [5.74, 6) is 6.86. The van der Waals surface area contributed by atoms with Gasteiger partial charge in [0.05, 0.1) is 0 Å². The normalized spacial score (nSPS) is 17.7. The first-order valence-electron chi connectivity index (χ1n) is 5.33. The quantitative estimate of drug-likeness (QED) is 0.322. The second kappa shape index (κ2) is 4.47. The lowest BCUT2D eigenvalue weighted by Crippen LogP contribution is -2.41. The monoisotopic (exact) mass is 239 g/mol. The van der Waals surface area contributed by atoms with Crippen molar-refractivity contribution in [2.45, 2.75) is 36.9 Å². The third-order valence-corrected chi connectivity index (χ3v) is 3.47. The predicted molar refractivity (Wildman–Crippen MR) is 67.5 cm³/mol. The molecule has 1 aliphatic rings. The molecule has 1 heterocycles. The van der Waals surface area contributed by atoms with Crippen molar-refractivity contribution in [1.29, 1.82) is 0 Å². The molecule has 4 N–H and O–H groups in total. The van der Waals surface area contributed by atoms with Crippen LogP contribution in [0.3, 0.4) is 0 Å². The predicted octanol–water partition coefficient (Wildman–Crippen LogP) is 1.84. The summed E-state index contributed by atoms with van der Waals surface area (Å²) in [6.45, 7) is 2.22. The fraction of sp³-hybridized carbons (Fsp3) is 0.600. The lowest BCUT2D eigenvalue weighted by molar-refractivity contribution is 0.305. The van der Waals surface area contributed by atoms with Gasteiger partial charge in [0.25, 0.3) is 0 Å². The number of rotatable bonds is 4. The summed E-state index contributed by atoms with van der Waals surface area (Å²) in [6.07, 6.45) is 5.62. The number of hydrazine groups is 1. The molecule has 0 bridgehead atoms. The van der Waals surface area contributed by atoms with E-state index in [0.29, 0.717) is 5.82 Å². The van der Waals surface area contributed by atoms with E-state index in [1.54, 1.807) is 0 Å². The number of anilines is 2. The molecule has 0 spiro atoms. The van der Waals surface area contributed by atoms with E-state index < -0.39 is 0 Å². The Hall–Kier alpha value is -1.01. The van der Waals surface area contributed by atoms with Crippen molar-refractivity contribution in [3.8, 4) is 0 Å². The highest BCUT2D eigenvalue weighted by Gasteiger charge is 2.31. The van der Waals surface area contributed by atoms with Crippen LogP contribution in [-0.4, -0.2) is 21.8 Å². The molecule has 1 saturated carbocycles. The van der Waals surface area contributed by atoms with Crippen LogP contribution >= 0.6 is 11.8 Å². The summed E-state index contributed by atoms with van der Waals surface area (Å²) in [5.41, 5.74) is 2.75. The molecular formula is C10H17N5S. The van der Waals surface area contributed by atoms with Gasteiger partial charge in [-0.15, -0.1) is 0 Å². The van der Waals surface area contributed by atoms with Gasteiger partial charge >= 0.3 is 0 Å². The fourth-order valence-corrected chi connectivity index (χ4v) is 2.17. The van der Waals surface area contributed by atoms with Gasteiger partial charge in [0.2, 0.25) is 0 Å². The number of hydrogen-bond acceptors (Lipinski definition) is 6. The molecule has 5 nitrogen and oxygen atoms in total. The molecule has 16 heavy (non-hydrogen) atoms. The highest BCUT2D eigenvalue weighted by atomic mass is 32.2. The average molecular weight is 239 g/mol. The highest BCUT2D eigenvalue weighted by Crippen LogP contribution is 2.34. The van der Waals surface area contributed by atoms with Gasteiger partial charge in [-0.3, -0.25) is 0 Å². The van der Waals surface area contributed by atoms with E-state index in [0.717, 1.165) is 11.0 Å². The summed E-state index contributed by atoms with van der Waals surface area (Å²) in [6, 6.07) is 1.84. The Labute approximate surface area is 99.6 Å². The van der Waals surface area contributed by atoms with Gasteiger partial charge in [0.15, 0.2) is 5.16 Å². The summed E-state index contributed by atoms with van der Waals surface area (Å²) >= 11 is 1.51. The molecule has 0 unspecified atom stereocenters. The van der Waals surface area contributed by atoms with Crippen molar-refractivity contribution in [2.24, 2.45) is 5.84 Å². The van der Waals surface area contributed by atoms with Crippen LogP contribution < -0.4 is 16.6 Å². The molecule has 6 heteroatoms. The topological polar surface area (TPSA) is 75.9 Å². The molecule has 0 saturated heterocycles. The highest BCUT2D eigenvalue weighted by molar-refractivity contribution is 7.98. The van der Waals surface area contributed by atoms with Crippen molar-refractivity contribution >= 4 is 23.4 Å². The zero-order chi connectivity index (χ0) is 11.6. The lowest BCUT2D eigenvalue weighted by atomic mass is 9.78. The number of nitrogen functional groups attached to an aromatic ring is 1. The molecule has 0 atom stereocenters. The van der Waals surface area contributed by atoms with E-state index >= 15 is 0 Å². The number of thioether (sulfide) groups is 1. The Kier molecular flexibility index (Phi) is 3.20. The van der Waals surface area contributed by atoms with Crippen LogP contribution in [0, 0.1) is 0 Å². The maximum Gasteiger partial charge on any atom is 0.191 e. The Morgan fingerprint density at radius 3 is 2.56 bits per heavy atom. The van der Waals surface area contributed by atoms with Crippen molar-refractivity contribution in [3.63, 3.8) is 0 Å². The van der Waals surface area contributed by atoms with Crippen molar-refractivity contribution < 1.29 is 0 Å². The standard InChI is InChI=1S/C10H17N5S/c1-10(4-3-5-10)14-7-6-8(15-11)13-9(12-7)16-2/h6H,3-5,11H2,1-2H3,(H2,12,13,14,15). The van der Waals surface area contributed by atoms with Crippen LogP contribution in [0.15, 0.2) is 11.2 Å². The molecule has 1 aromatic rings. The van der Waals surface area contributed by atoms with Gasteiger partial charge in [-0.2, -0.15) is 0 Å². The van der Waals surface area contributed by atoms with Crippen LogP contribution in [-0.2, 0) is 0 Å². The second-order valence-electron chi connectivity index (χ2n) is 4.31. The first-order chi connectivity index (χ1) is 7.65. The first-order valence-corrected chi connectivity index (χ1v) is 6.55. The molecule has 0 aliphatic heterocycles. The van der Waals surface area contributed by atoms with Crippen molar-refractivity contribution in [2.75, 3.05) is 17.0 Å². The third kappa shape index (κ3) is 2.38. The van der Waals surface area contributed by atoms with Crippen molar-refractivity contribution in [3.05, 3.63) is 6.07 Å².